The molecule has 0 amide bonds. The monoisotopic (exact) mass is 338 g/mol. The molecule has 2 heteroatoms. The Morgan fingerprint density at radius 1 is 1.15 bits per heavy atom. The fraction of sp³-hybridized carbons (Fsp3) is 0.556. The van der Waals surface area contributed by atoms with Crippen molar-refractivity contribution in [1.82, 2.24) is 0 Å². The molecule has 0 bridgehead atoms. The zero-order valence-corrected chi connectivity index (χ0v) is 14.2. The van der Waals surface area contributed by atoms with Gasteiger partial charge in [0.15, 0.2) is 0 Å². The van der Waals surface area contributed by atoms with Crippen molar-refractivity contribution in [2.24, 2.45) is 0 Å². The molecular formula is C18H27BrO. The number of halogens is 1. The number of unbranched alkanes of at least 4 members (excludes halogenated alkanes) is 4. The normalized spacial score (nSPS) is 13.9. The summed E-state index contributed by atoms with van der Waals surface area (Å²) in [5.41, 5.74) is 0.519. The van der Waals surface area contributed by atoms with Crippen molar-refractivity contribution < 1.29 is 5.11 Å². The molecular weight excluding hydrogens is 312 g/mol. The van der Waals surface area contributed by atoms with Gasteiger partial charge in [0, 0.05) is 12.8 Å². The number of hydrogen-bond acceptors (Lipinski definition) is 1. The molecule has 1 aromatic carbocycles. The predicted octanol–water partition coefficient (Wildman–Crippen LogP) is 5.62. The first-order chi connectivity index (χ1) is 9.56. The molecule has 1 aromatic rings. The Balaban J connectivity index is 2.54. The van der Waals surface area contributed by atoms with Crippen molar-refractivity contribution in [2.75, 3.05) is 0 Å². The molecule has 0 saturated carbocycles. The lowest BCUT2D eigenvalue weighted by atomic mass is 9.86. The molecule has 0 aliphatic rings. The van der Waals surface area contributed by atoms with Gasteiger partial charge >= 0.3 is 0 Å². The van der Waals surface area contributed by atoms with E-state index in [9.17, 15) is 5.11 Å². The number of hydrogen-bond donors (Lipinski definition) is 1. The molecule has 0 aromatic heterocycles. The highest BCUT2D eigenvalue weighted by Crippen LogP contribution is 2.29. The molecule has 1 N–H and O–H groups in total. The first-order valence-corrected chi connectivity index (χ1v) is 8.44. The summed E-state index contributed by atoms with van der Waals surface area (Å²) in [5, 5.41) is 10.9. The SMILES string of the molecule is C=C(Br)CC(O)(CCCCCCC)Cc1ccccc1. The van der Waals surface area contributed by atoms with Crippen LogP contribution >= 0.6 is 15.9 Å². The zero-order chi connectivity index (χ0) is 14.8. The van der Waals surface area contributed by atoms with Crippen molar-refractivity contribution in [2.45, 2.75) is 63.9 Å². The third kappa shape index (κ3) is 7.25. The second-order valence-corrected chi connectivity index (χ2v) is 6.87. The first kappa shape index (κ1) is 17.5. The largest absolute Gasteiger partial charge is 0.389 e. The molecule has 0 spiro atoms. The van der Waals surface area contributed by atoms with Gasteiger partial charge in [0.25, 0.3) is 0 Å². The molecule has 0 heterocycles. The van der Waals surface area contributed by atoms with E-state index in [0.717, 1.165) is 17.3 Å². The maximum absolute atomic E-state index is 10.9. The molecule has 0 radical (unpaired) electrons. The molecule has 0 aliphatic carbocycles. The van der Waals surface area contributed by atoms with Crippen LogP contribution in [0.15, 0.2) is 41.4 Å². The molecule has 0 fully saturated rings. The highest BCUT2D eigenvalue weighted by Gasteiger charge is 2.27. The van der Waals surface area contributed by atoms with Gasteiger partial charge in [0.1, 0.15) is 0 Å². The van der Waals surface area contributed by atoms with Crippen molar-refractivity contribution in [1.29, 1.82) is 0 Å². The van der Waals surface area contributed by atoms with Crippen LogP contribution in [0.25, 0.3) is 0 Å². The summed E-state index contributed by atoms with van der Waals surface area (Å²) >= 11 is 3.40. The standard InChI is InChI=1S/C18H27BrO/c1-3-4-5-6-10-13-18(20,14-16(2)19)15-17-11-8-7-9-12-17/h7-9,11-12,20H,2-6,10,13-15H2,1H3. The summed E-state index contributed by atoms with van der Waals surface area (Å²) in [6, 6.07) is 10.2. The minimum Gasteiger partial charge on any atom is -0.389 e. The number of benzene rings is 1. The lowest BCUT2D eigenvalue weighted by Gasteiger charge is -2.28. The van der Waals surface area contributed by atoms with E-state index in [1.165, 1.54) is 31.2 Å². The van der Waals surface area contributed by atoms with Crippen LogP contribution < -0.4 is 0 Å². The molecule has 1 unspecified atom stereocenters. The Bertz CT molecular complexity index is 388. The maximum Gasteiger partial charge on any atom is 0.0733 e. The van der Waals surface area contributed by atoms with Crippen LogP contribution in [0.5, 0.6) is 0 Å². The Morgan fingerprint density at radius 2 is 1.80 bits per heavy atom. The minimum atomic E-state index is -0.672. The second-order valence-electron chi connectivity index (χ2n) is 5.74. The van der Waals surface area contributed by atoms with E-state index in [0.29, 0.717) is 12.8 Å². The van der Waals surface area contributed by atoms with Gasteiger partial charge in [0.05, 0.1) is 5.60 Å². The van der Waals surface area contributed by atoms with Gasteiger partial charge in [-0.3, -0.25) is 0 Å². The molecule has 1 atom stereocenters. The van der Waals surface area contributed by atoms with Crippen LogP contribution in [0.1, 0.15) is 57.4 Å². The van der Waals surface area contributed by atoms with E-state index in [4.69, 9.17) is 0 Å². The van der Waals surface area contributed by atoms with Gasteiger partial charge in [-0.25, -0.2) is 0 Å². The maximum atomic E-state index is 10.9. The minimum absolute atomic E-state index is 0.621. The third-order valence-corrected chi connectivity index (χ3v) is 3.92. The third-order valence-electron chi connectivity index (χ3n) is 3.64. The summed E-state index contributed by atoms with van der Waals surface area (Å²) in [6.07, 6.45) is 8.28. The van der Waals surface area contributed by atoms with E-state index in [-0.39, 0.29) is 0 Å². The number of aliphatic hydroxyl groups is 1. The van der Waals surface area contributed by atoms with Crippen LogP contribution in [0.2, 0.25) is 0 Å². The van der Waals surface area contributed by atoms with Crippen LogP contribution in [0.3, 0.4) is 0 Å². The average Bonchev–Trinajstić information content (AvgIpc) is 2.38. The first-order valence-electron chi connectivity index (χ1n) is 7.65. The van der Waals surface area contributed by atoms with Crippen molar-refractivity contribution in [3.8, 4) is 0 Å². The van der Waals surface area contributed by atoms with Gasteiger partial charge in [-0.05, 0) is 16.5 Å². The molecule has 1 rings (SSSR count). The van der Waals surface area contributed by atoms with Crippen LogP contribution in [-0.2, 0) is 6.42 Å². The summed E-state index contributed by atoms with van der Waals surface area (Å²) in [7, 11) is 0. The molecule has 0 saturated heterocycles. The van der Waals surface area contributed by atoms with Crippen LogP contribution in [0, 0.1) is 0 Å². The van der Waals surface area contributed by atoms with E-state index in [2.05, 4.69) is 41.6 Å². The van der Waals surface area contributed by atoms with Gasteiger partial charge in [-0.1, -0.05) is 91.9 Å². The predicted molar refractivity (Wildman–Crippen MR) is 91.2 cm³/mol. The van der Waals surface area contributed by atoms with Gasteiger partial charge in [-0.15, -0.1) is 0 Å². The van der Waals surface area contributed by atoms with E-state index in [1.807, 2.05) is 18.2 Å². The van der Waals surface area contributed by atoms with E-state index < -0.39 is 5.60 Å². The highest BCUT2D eigenvalue weighted by molar-refractivity contribution is 9.11. The fourth-order valence-electron chi connectivity index (χ4n) is 2.63. The molecule has 20 heavy (non-hydrogen) atoms. The summed E-state index contributed by atoms with van der Waals surface area (Å²) in [4.78, 5) is 0. The smallest absolute Gasteiger partial charge is 0.0733 e. The van der Waals surface area contributed by atoms with Crippen molar-refractivity contribution >= 4 is 15.9 Å². The zero-order valence-electron chi connectivity index (χ0n) is 12.6. The lowest BCUT2D eigenvalue weighted by Crippen LogP contribution is -2.31. The summed E-state index contributed by atoms with van der Waals surface area (Å²) in [6.45, 7) is 6.12. The Labute approximate surface area is 132 Å². The fourth-order valence-corrected chi connectivity index (χ4v) is 3.15. The van der Waals surface area contributed by atoms with E-state index >= 15 is 0 Å². The van der Waals surface area contributed by atoms with Crippen molar-refractivity contribution in [3.63, 3.8) is 0 Å². The molecule has 0 aliphatic heterocycles. The molecule has 112 valence electrons. The highest BCUT2D eigenvalue weighted by atomic mass is 79.9. The Hall–Kier alpha value is -0.600. The van der Waals surface area contributed by atoms with E-state index in [1.54, 1.807) is 0 Å². The quantitative estimate of drug-likeness (QED) is 0.549. The Kier molecular flexibility index (Phi) is 8.16. The van der Waals surface area contributed by atoms with Crippen LogP contribution in [-0.4, -0.2) is 10.7 Å². The summed E-state index contributed by atoms with van der Waals surface area (Å²) < 4.78 is 0.879. The summed E-state index contributed by atoms with van der Waals surface area (Å²) in [5.74, 6) is 0. The molecule has 1 nitrogen and oxygen atoms in total. The van der Waals surface area contributed by atoms with Crippen molar-refractivity contribution in [3.05, 3.63) is 47.0 Å². The van der Waals surface area contributed by atoms with Gasteiger partial charge in [-0.2, -0.15) is 0 Å². The van der Waals surface area contributed by atoms with Crippen LogP contribution in [0.4, 0.5) is 0 Å². The lowest BCUT2D eigenvalue weighted by molar-refractivity contribution is 0.0314. The number of rotatable bonds is 10. The second kappa shape index (κ2) is 9.36. The van der Waals surface area contributed by atoms with Gasteiger partial charge < -0.3 is 5.11 Å². The Morgan fingerprint density at radius 3 is 2.40 bits per heavy atom. The topological polar surface area (TPSA) is 20.2 Å². The van der Waals surface area contributed by atoms with Gasteiger partial charge in [0.2, 0.25) is 0 Å². The average molecular weight is 339 g/mol.